The molecule has 0 atom stereocenters. The molecule has 142 valence electrons. The van der Waals surface area contributed by atoms with Crippen molar-refractivity contribution in [3.05, 3.63) is 82.0 Å². The fourth-order valence-electron chi connectivity index (χ4n) is 4.19. The molecule has 0 saturated heterocycles. The van der Waals surface area contributed by atoms with Gasteiger partial charge >= 0.3 is 0 Å². The van der Waals surface area contributed by atoms with Crippen LogP contribution in [0.1, 0.15) is 46.2 Å². The van der Waals surface area contributed by atoms with Crippen LogP contribution in [0, 0.1) is 33.1 Å². The molecule has 3 rings (SSSR count). The predicted octanol–water partition coefficient (Wildman–Crippen LogP) is 4.96. The van der Waals surface area contributed by atoms with E-state index in [1.54, 1.807) is 12.2 Å². The van der Waals surface area contributed by atoms with Crippen molar-refractivity contribution < 1.29 is 15.3 Å². The van der Waals surface area contributed by atoms with E-state index in [2.05, 4.69) is 6.92 Å². The van der Waals surface area contributed by atoms with E-state index in [4.69, 9.17) is 0 Å². The van der Waals surface area contributed by atoms with Gasteiger partial charge in [0.05, 0.1) is 6.10 Å². The summed E-state index contributed by atoms with van der Waals surface area (Å²) in [5.41, 5.74) is 4.79. The molecule has 0 amide bonds. The van der Waals surface area contributed by atoms with Crippen LogP contribution in [0.5, 0.6) is 11.5 Å². The molecule has 1 aliphatic rings. The molecule has 0 aliphatic heterocycles. The Morgan fingerprint density at radius 2 is 1.19 bits per heavy atom. The number of aryl methyl sites for hydroxylation is 4. The first-order valence-corrected chi connectivity index (χ1v) is 9.29. The summed E-state index contributed by atoms with van der Waals surface area (Å²) < 4.78 is 0. The Bertz CT molecular complexity index is 866. The van der Waals surface area contributed by atoms with Crippen LogP contribution in [0.3, 0.4) is 0 Å². The first-order valence-electron chi connectivity index (χ1n) is 9.29. The van der Waals surface area contributed by atoms with Crippen molar-refractivity contribution in [1.82, 2.24) is 0 Å². The molecule has 0 bridgehead atoms. The molecule has 3 N–H and O–H groups in total. The fraction of sp³-hybridized carbons (Fsp3) is 0.333. The van der Waals surface area contributed by atoms with Gasteiger partial charge in [-0.25, -0.2) is 0 Å². The van der Waals surface area contributed by atoms with Gasteiger partial charge in [0.1, 0.15) is 11.5 Å². The Balaban J connectivity index is 2.33. The van der Waals surface area contributed by atoms with Gasteiger partial charge in [-0.3, -0.25) is 0 Å². The van der Waals surface area contributed by atoms with Gasteiger partial charge in [0.15, 0.2) is 0 Å². The number of phenols is 2. The van der Waals surface area contributed by atoms with Crippen LogP contribution in [-0.2, 0) is 0 Å². The summed E-state index contributed by atoms with van der Waals surface area (Å²) in [5.74, 6) is 0.200. The van der Waals surface area contributed by atoms with Crippen LogP contribution in [-0.4, -0.2) is 21.4 Å². The van der Waals surface area contributed by atoms with Gasteiger partial charge in [0.25, 0.3) is 0 Å². The van der Waals surface area contributed by atoms with Crippen LogP contribution in [0.2, 0.25) is 0 Å². The van der Waals surface area contributed by atoms with Gasteiger partial charge in [0, 0.05) is 22.5 Å². The van der Waals surface area contributed by atoms with Gasteiger partial charge in [-0.1, -0.05) is 66.6 Å². The molecular weight excluding hydrogens is 336 g/mol. The highest BCUT2D eigenvalue weighted by Gasteiger charge is 2.37. The molecular formula is C24H28O3. The Morgan fingerprint density at radius 1 is 0.778 bits per heavy atom. The number of hydrogen-bond donors (Lipinski definition) is 3. The maximum Gasteiger partial charge on any atom is 0.122 e. The molecule has 0 aromatic heterocycles. The Labute approximate surface area is 161 Å². The number of aliphatic hydroxyl groups is 1. The Hall–Kier alpha value is -2.52. The van der Waals surface area contributed by atoms with Crippen molar-refractivity contribution in [3.63, 3.8) is 0 Å². The smallest absolute Gasteiger partial charge is 0.122 e. The van der Waals surface area contributed by atoms with Gasteiger partial charge in [-0.15, -0.1) is 0 Å². The average Bonchev–Trinajstić information content (AvgIpc) is 2.59. The summed E-state index contributed by atoms with van der Waals surface area (Å²) >= 11 is 0. The number of allylic oxidation sites excluding steroid dienone is 2. The van der Waals surface area contributed by atoms with Gasteiger partial charge in [-0.2, -0.15) is 0 Å². The van der Waals surface area contributed by atoms with Crippen molar-refractivity contribution in [2.75, 3.05) is 0 Å². The minimum atomic E-state index is -0.612. The third-order valence-corrected chi connectivity index (χ3v) is 5.50. The zero-order chi connectivity index (χ0) is 19.9. The van der Waals surface area contributed by atoms with E-state index in [9.17, 15) is 15.3 Å². The number of aromatic hydroxyl groups is 2. The summed E-state index contributed by atoms with van der Waals surface area (Å²) in [6.07, 6.45) is 6.84. The summed E-state index contributed by atoms with van der Waals surface area (Å²) in [5, 5.41) is 31.7. The summed E-state index contributed by atoms with van der Waals surface area (Å²) in [4.78, 5) is 0. The van der Waals surface area contributed by atoms with E-state index >= 15 is 0 Å². The highest BCUT2D eigenvalue weighted by atomic mass is 16.3. The van der Waals surface area contributed by atoms with Crippen molar-refractivity contribution in [3.8, 4) is 11.5 Å². The number of rotatable bonds is 3. The van der Waals surface area contributed by atoms with Crippen LogP contribution < -0.4 is 0 Å². The van der Waals surface area contributed by atoms with E-state index in [-0.39, 0.29) is 17.4 Å². The highest BCUT2D eigenvalue weighted by Crippen LogP contribution is 2.51. The number of benzene rings is 2. The largest absolute Gasteiger partial charge is 0.507 e. The lowest BCUT2D eigenvalue weighted by atomic mass is 9.67. The fourth-order valence-corrected chi connectivity index (χ4v) is 4.19. The SMILES string of the molecule is Cc1cc(C)c(O)c(C(c2cc(C)cc(C)c2O)C2(C)C=CC(O)C=C2)c1. The maximum absolute atomic E-state index is 10.9. The summed E-state index contributed by atoms with van der Waals surface area (Å²) in [6.45, 7) is 9.86. The lowest BCUT2D eigenvalue weighted by Crippen LogP contribution is -2.26. The molecule has 3 nitrogen and oxygen atoms in total. The van der Waals surface area contributed by atoms with Crippen molar-refractivity contribution in [1.29, 1.82) is 0 Å². The molecule has 0 saturated carbocycles. The van der Waals surface area contributed by atoms with Crippen LogP contribution in [0.4, 0.5) is 0 Å². The minimum absolute atomic E-state index is 0.248. The molecule has 0 radical (unpaired) electrons. The van der Waals surface area contributed by atoms with Crippen LogP contribution in [0.15, 0.2) is 48.6 Å². The van der Waals surface area contributed by atoms with Crippen LogP contribution >= 0.6 is 0 Å². The maximum atomic E-state index is 10.9. The lowest BCUT2D eigenvalue weighted by Gasteiger charge is -2.37. The van der Waals surface area contributed by atoms with E-state index < -0.39 is 11.5 Å². The van der Waals surface area contributed by atoms with Crippen molar-refractivity contribution in [2.45, 2.75) is 46.6 Å². The molecule has 2 aromatic rings. The zero-order valence-corrected chi connectivity index (χ0v) is 16.6. The summed E-state index contributed by atoms with van der Waals surface area (Å²) in [6, 6.07) is 7.88. The molecule has 2 aromatic carbocycles. The number of hydrogen-bond acceptors (Lipinski definition) is 3. The average molecular weight is 364 g/mol. The molecule has 3 heteroatoms. The van der Waals surface area contributed by atoms with Crippen LogP contribution in [0.25, 0.3) is 0 Å². The van der Waals surface area contributed by atoms with Gasteiger partial charge in [0.2, 0.25) is 0 Å². The molecule has 1 aliphatic carbocycles. The normalized spacial score (nSPS) is 21.8. The van der Waals surface area contributed by atoms with Gasteiger partial charge < -0.3 is 15.3 Å². The predicted molar refractivity (Wildman–Crippen MR) is 109 cm³/mol. The van der Waals surface area contributed by atoms with E-state index in [0.29, 0.717) is 0 Å². The lowest BCUT2D eigenvalue weighted by molar-refractivity contribution is 0.262. The topological polar surface area (TPSA) is 60.7 Å². The molecule has 0 unspecified atom stereocenters. The monoisotopic (exact) mass is 364 g/mol. The Morgan fingerprint density at radius 3 is 1.59 bits per heavy atom. The van der Waals surface area contributed by atoms with E-state index in [0.717, 1.165) is 33.4 Å². The Kier molecular flexibility index (Phi) is 4.92. The van der Waals surface area contributed by atoms with E-state index in [1.165, 1.54) is 0 Å². The first kappa shape index (κ1) is 19.2. The quantitative estimate of drug-likeness (QED) is 0.675. The molecule has 0 fully saturated rings. The highest BCUT2D eigenvalue weighted by molar-refractivity contribution is 5.56. The minimum Gasteiger partial charge on any atom is -0.507 e. The second kappa shape index (κ2) is 6.90. The molecule has 0 spiro atoms. The summed E-state index contributed by atoms with van der Waals surface area (Å²) in [7, 11) is 0. The molecule has 27 heavy (non-hydrogen) atoms. The standard InChI is InChI=1S/C24H28O3/c1-14-10-16(3)22(26)19(12-14)21(24(5)8-6-18(25)7-9-24)20-13-15(2)11-17(4)23(20)27/h6-13,18,21,25-27H,1-5H3. The zero-order valence-electron chi connectivity index (χ0n) is 16.6. The molecule has 0 heterocycles. The van der Waals surface area contributed by atoms with Gasteiger partial charge in [-0.05, 0) is 38.8 Å². The van der Waals surface area contributed by atoms with E-state index in [1.807, 2.05) is 64.1 Å². The van der Waals surface area contributed by atoms with Crippen molar-refractivity contribution in [2.24, 2.45) is 5.41 Å². The number of aliphatic hydroxyl groups excluding tert-OH is 1. The third kappa shape index (κ3) is 3.52. The first-order chi connectivity index (χ1) is 12.6. The third-order valence-electron chi connectivity index (χ3n) is 5.50. The number of phenolic OH excluding ortho intramolecular Hbond substituents is 2. The van der Waals surface area contributed by atoms with Crippen molar-refractivity contribution >= 4 is 0 Å². The second-order valence-corrected chi connectivity index (χ2v) is 8.05. The second-order valence-electron chi connectivity index (χ2n) is 8.05.